The highest BCUT2D eigenvalue weighted by Crippen LogP contribution is 2.24. The van der Waals surface area contributed by atoms with Gasteiger partial charge in [0.05, 0.1) is 0 Å². The molecule has 0 spiro atoms. The zero-order chi connectivity index (χ0) is 7.07. The highest BCUT2D eigenvalue weighted by Gasteiger charge is 2.51. The van der Waals surface area contributed by atoms with Gasteiger partial charge in [0.2, 0.25) is 0 Å². The maximum atomic E-state index is 3.36. The van der Waals surface area contributed by atoms with Crippen LogP contribution in [0.1, 0.15) is 20.8 Å². The third kappa shape index (κ3) is 0.874. The fourth-order valence-corrected chi connectivity index (χ4v) is 1.10. The van der Waals surface area contributed by atoms with Gasteiger partial charge in [0.25, 0.3) is 0 Å². The first-order valence-corrected chi connectivity index (χ1v) is 3.40. The highest BCUT2D eigenvalue weighted by molar-refractivity contribution is 5.90. The van der Waals surface area contributed by atoms with Crippen LogP contribution in [0.15, 0.2) is 0 Å². The van der Waals surface area contributed by atoms with E-state index in [-0.39, 0.29) is 5.54 Å². The second-order valence-electron chi connectivity index (χ2n) is 2.94. The van der Waals surface area contributed by atoms with Gasteiger partial charge in [-0.3, -0.25) is 10.3 Å². The van der Waals surface area contributed by atoms with Gasteiger partial charge >= 0.3 is 0 Å². The third-order valence-electron chi connectivity index (χ3n) is 2.45. The molecule has 52 valence electrons. The molecule has 2 atom stereocenters. The minimum absolute atomic E-state index is 0.273. The highest BCUT2D eigenvalue weighted by atomic mass is 15.2. The van der Waals surface area contributed by atoms with Crippen LogP contribution in [0.5, 0.6) is 0 Å². The number of hydrogen-bond donors (Lipinski definition) is 2. The summed E-state index contributed by atoms with van der Waals surface area (Å²) in [6, 6.07) is 0.643. The molecule has 0 aliphatic carbocycles. The van der Waals surface area contributed by atoms with E-state index in [1.165, 1.54) is 5.71 Å². The summed E-state index contributed by atoms with van der Waals surface area (Å²) in [6.07, 6.45) is 0. The van der Waals surface area contributed by atoms with Crippen molar-refractivity contribution in [2.45, 2.75) is 32.4 Å². The van der Waals surface area contributed by atoms with Gasteiger partial charge in [-0.2, -0.15) is 0 Å². The van der Waals surface area contributed by atoms with Crippen LogP contribution in [0.25, 0.3) is 0 Å². The van der Waals surface area contributed by atoms with E-state index in [2.05, 4.69) is 31.1 Å². The van der Waals surface area contributed by atoms with E-state index < -0.39 is 0 Å². The lowest BCUT2D eigenvalue weighted by Crippen LogP contribution is -2.70. The Morgan fingerprint density at radius 2 is 2.11 bits per heavy atom. The van der Waals surface area contributed by atoms with Gasteiger partial charge in [0, 0.05) is 13.0 Å². The summed E-state index contributed by atoms with van der Waals surface area (Å²) >= 11 is 0. The molecule has 0 aromatic carbocycles. The van der Waals surface area contributed by atoms with Crippen LogP contribution in [0.2, 0.25) is 0 Å². The normalized spacial score (nSPS) is 43.1. The minimum Gasteiger partial charge on any atom is -0.297 e. The lowest BCUT2D eigenvalue weighted by molar-refractivity contribution is -0.422. The Kier molecular flexibility index (Phi) is 1.35. The average molecular weight is 127 g/mol. The van der Waals surface area contributed by atoms with Crippen LogP contribution in [-0.4, -0.2) is 24.3 Å². The number of nitrogens with one attached hydrogen (secondary N) is 2. The predicted octanol–water partition coefficient (Wildman–Crippen LogP) is -1.09. The van der Waals surface area contributed by atoms with Crippen LogP contribution in [0.3, 0.4) is 0 Å². The average Bonchev–Trinajstić information content (AvgIpc) is 2.41. The van der Waals surface area contributed by atoms with Crippen LogP contribution < -0.4 is 10.3 Å². The van der Waals surface area contributed by atoms with Gasteiger partial charge in [-0.15, -0.1) is 0 Å². The lowest BCUT2D eigenvalue weighted by Gasteiger charge is -1.98. The van der Waals surface area contributed by atoms with Crippen LogP contribution in [0.4, 0.5) is 0 Å². The van der Waals surface area contributed by atoms with E-state index in [9.17, 15) is 0 Å². The summed E-state index contributed by atoms with van der Waals surface area (Å²) in [5, 5.41) is 3.36. The van der Waals surface area contributed by atoms with Gasteiger partial charge in [0.1, 0.15) is 12.6 Å². The molecular weight excluding hydrogens is 112 g/mol. The predicted molar refractivity (Wildman–Crippen MR) is 38.6 cm³/mol. The zero-order valence-corrected chi connectivity index (χ0v) is 6.58. The zero-order valence-electron chi connectivity index (χ0n) is 6.58. The summed E-state index contributed by atoms with van der Waals surface area (Å²) < 4.78 is 0. The second-order valence-corrected chi connectivity index (χ2v) is 2.94. The summed E-state index contributed by atoms with van der Waals surface area (Å²) in [4.78, 5) is 3.15. The van der Waals surface area contributed by atoms with Crippen LogP contribution >= 0.6 is 0 Å². The monoisotopic (exact) mass is 127 g/mol. The molecule has 1 fully saturated rings. The standard InChI is InChI=1S/C7H14N2/c1-5(8-4)7(3)6(2)9-7/h6,9H,1-4H3/p+1/t6-,7+/m0/s1. The van der Waals surface area contributed by atoms with E-state index in [0.717, 1.165) is 0 Å². The van der Waals surface area contributed by atoms with E-state index in [4.69, 9.17) is 0 Å². The Labute approximate surface area is 56.4 Å². The molecule has 0 amide bonds. The first-order valence-electron chi connectivity index (χ1n) is 3.40. The molecule has 2 heteroatoms. The molecule has 1 aliphatic heterocycles. The van der Waals surface area contributed by atoms with E-state index in [1.807, 2.05) is 7.05 Å². The van der Waals surface area contributed by atoms with E-state index in [0.29, 0.717) is 6.04 Å². The quantitative estimate of drug-likeness (QED) is 0.341. The largest absolute Gasteiger partial charge is 0.297 e. The Morgan fingerprint density at radius 3 is 2.22 bits per heavy atom. The lowest BCUT2D eigenvalue weighted by atomic mass is 10.0. The van der Waals surface area contributed by atoms with Crippen molar-refractivity contribution in [3.05, 3.63) is 0 Å². The maximum absolute atomic E-state index is 3.36. The van der Waals surface area contributed by atoms with Crippen molar-refractivity contribution in [1.29, 1.82) is 0 Å². The Hall–Kier alpha value is -0.370. The molecule has 9 heavy (non-hydrogen) atoms. The first-order chi connectivity index (χ1) is 4.11. The summed E-state index contributed by atoms with van der Waals surface area (Å²) in [6.45, 7) is 6.53. The van der Waals surface area contributed by atoms with Crippen molar-refractivity contribution >= 4 is 5.71 Å². The van der Waals surface area contributed by atoms with Gasteiger partial charge in [-0.05, 0) is 13.8 Å². The smallest absolute Gasteiger partial charge is 0.168 e. The Bertz CT molecular complexity index is 151. The van der Waals surface area contributed by atoms with E-state index >= 15 is 0 Å². The van der Waals surface area contributed by atoms with Crippen molar-refractivity contribution in [2.24, 2.45) is 0 Å². The molecule has 2 N–H and O–H groups in total. The number of rotatable bonds is 1. The maximum Gasteiger partial charge on any atom is 0.168 e. The molecule has 0 aromatic rings. The van der Waals surface area contributed by atoms with Crippen molar-refractivity contribution in [3.8, 4) is 0 Å². The fraction of sp³-hybridized carbons (Fsp3) is 0.857. The Balaban J connectivity index is 2.64. The van der Waals surface area contributed by atoms with Gasteiger partial charge in [-0.25, -0.2) is 0 Å². The molecule has 1 heterocycles. The van der Waals surface area contributed by atoms with Crippen LogP contribution in [0, 0.1) is 0 Å². The molecule has 0 bridgehead atoms. The van der Waals surface area contributed by atoms with Crippen molar-refractivity contribution in [1.82, 2.24) is 5.32 Å². The third-order valence-corrected chi connectivity index (χ3v) is 2.45. The van der Waals surface area contributed by atoms with Gasteiger partial charge in [-0.1, -0.05) is 0 Å². The fourth-order valence-electron chi connectivity index (χ4n) is 1.10. The van der Waals surface area contributed by atoms with Crippen molar-refractivity contribution in [3.63, 3.8) is 0 Å². The molecule has 0 aromatic heterocycles. The van der Waals surface area contributed by atoms with E-state index in [1.54, 1.807) is 0 Å². The molecule has 1 aliphatic rings. The molecule has 1 saturated heterocycles. The SMILES string of the molecule is C[NH+]=C(C)[C@@]1(C)N[C@H]1C. The van der Waals surface area contributed by atoms with Crippen LogP contribution in [-0.2, 0) is 0 Å². The number of hydrogen-bond acceptors (Lipinski definition) is 1. The van der Waals surface area contributed by atoms with Crippen molar-refractivity contribution in [2.75, 3.05) is 7.05 Å². The minimum atomic E-state index is 0.273. The summed E-state index contributed by atoms with van der Waals surface area (Å²) in [5.74, 6) is 0. The Morgan fingerprint density at radius 1 is 1.67 bits per heavy atom. The molecule has 0 unspecified atom stereocenters. The first kappa shape index (κ1) is 6.75. The topological polar surface area (TPSA) is 35.9 Å². The second kappa shape index (κ2) is 1.81. The molecule has 1 rings (SSSR count). The molecule has 2 nitrogen and oxygen atoms in total. The van der Waals surface area contributed by atoms with Crippen molar-refractivity contribution < 1.29 is 4.99 Å². The summed E-state index contributed by atoms with van der Waals surface area (Å²) in [7, 11) is 1.97. The van der Waals surface area contributed by atoms with Gasteiger partial charge < -0.3 is 0 Å². The van der Waals surface area contributed by atoms with Gasteiger partial charge in [0.15, 0.2) is 5.71 Å². The molecule has 0 saturated carbocycles. The molecular formula is C7H15N2+. The molecule has 0 radical (unpaired) electrons. The summed E-state index contributed by atoms with van der Waals surface area (Å²) in [5.41, 5.74) is 1.60.